The number of aliphatic hydroxyl groups is 1. The van der Waals surface area contributed by atoms with Gasteiger partial charge in [0.2, 0.25) is 0 Å². The van der Waals surface area contributed by atoms with E-state index in [-0.39, 0.29) is 18.4 Å². The zero-order chi connectivity index (χ0) is 16.4. The van der Waals surface area contributed by atoms with Crippen LogP contribution in [-0.2, 0) is 6.42 Å². The highest BCUT2D eigenvalue weighted by Crippen LogP contribution is 2.29. The molecule has 0 saturated heterocycles. The predicted octanol–water partition coefficient (Wildman–Crippen LogP) is 1.85. The monoisotopic (exact) mass is 318 g/mol. The van der Waals surface area contributed by atoms with Gasteiger partial charge >= 0.3 is 0 Å². The van der Waals surface area contributed by atoms with E-state index >= 15 is 0 Å². The zero-order valence-electron chi connectivity index (χ0n) is 13.9. The minimum Gasteiger partial charge on any atom is -0.396 e. The van der Waals surface area contributed by atoms with Crippen molar-refractivity contribution in [3.05, 3.63) is 17.1 Å². The molecule has 0 spiro atoms. The second-order valence-electron chi connectivity index (χ2n) is 6.97. The highest BCUT2D eigenvalue weighted by molar-refractivity contribution is 5.96. The molecule has 1 fully saturated rings. The van der Waals surface area contributed by atoms with E-state index in [2.05, 4.69) is 15.6 Å². The largest absolute Gasteiger partial charge is 0.396 e. The number of aromatic nitrogens is 2. The Labute approximate surface area is 137 Å². The lowest BCUT2D eigenvalue weighted by Crippen LogP contribution is -2.36. The molecule has 0 aromatic carbocycles. The molecular weight excluding hydrogens is 292 g/mol. The van der Waals surface area contributed by atoms with Crippen molar-refractivity contribution in [1.82, 2.24) is 15.3 Å². The summed E-state index contributed by atoms with van der Waals surface area (Å²) in [6.45, 7) is 4.96. The Bertz CT molecular complexity index is 588. The predicted molar refractivity (Wildman–Crippen MR) is 88.6 cm³/mol. The molecule has 0 unspecified atom stereocenters. The Morgan fingerprint density at radius 3 is 2.91 bits per heavy atom. The maximum atomic E-state index is 12.1. The Morgan fingerprint density at radius 2 is 2.17 bits per heavy atom. The van der Waals surface area contributed by atoms with E-state index in [1.807, 2.05) is 13.8 Å². The topological polar surface area (TPSA) is 87.1 Å². The second-order valence-corrected chi connectivity index (χ2v) is 6.97. The average molecular weight is 318 g/mol. The fourth-order valence-electron chi connectivity index (χ4n) is 3.47. The van der Waals surface area contributed by atoms with Crippen LogP contribution in [-0.4, -0.2) is 40.2 Å². The maximum Gasteiger partial charge on any atom is 0.270 e. The molecular formula is C17H26N4O2. The third-order valence-electron chi connectivity index (χ3n) is 4.80. The summed E-state index contributed by atoms with van der Waals surface area (Å²) in [5, 5.41) is 15.8. The number of amides is 1. The third kappa shape index (κ3) is 3.47. The molecule has 1 aliphatic heterocycles. The first-order valence-electron chi connectivity index (χ1n) is 8.65. The van der Waals surface area contributed by atoms with Crippen LogP contribution in [0.15, 0.2) is 0 Å². The second kappa shape index (κ2) is 6.83. The van der Waals surface area contributed by atoms with Gasteiger partial charge in [-0.05, 0) is 31.6 Å². The van der Waals surface area contributed by atoms with Gasteiger partial charge in [0.15, 0.2) is 0 Å². The quantitative estimate of drug-likeness (QED) is 0.788. The molecule has 0 radical (unpaired) electrons. The fraction of sp³-hybridized carbons (Fsp3) is 0.706. The Morgan fingerprint density at radius 1 is 1.35 bits per heavy atom. The first-order valence-corrected chi connectivity index (χ1v) is 8.65. The minimum atomic E-state index is -0.101. The first-order chi connectivity index (χ1) is 11.1. The summed E-state index contributed by atoms with van der Waals surface area (Å²) in [4.78, 5) is 21.3. The number of carbonyl (C=O) groups is 1. The van der Waals surface area contributed by atoms with Crippen LogP contribution in [0.2, 0.25) is 0 Å². The van der Waals surface area contributed by atoms with Gasteiger partial charge in [-0.15, -0.1) is 0 Å². The van der Waals surface area contributed by atoms with Gasteiger partial charge < -0.3 is 15.7 Å². The lowest BCUT2D eigenvalue weighted by atomic mass is 9.86. The molecule has 2 atom stereocenters. The molecule has 3 rings (SSSR count). The van der Waals surface area contributed by atoms with Crippen LogP contribution >= 0.6 is 0 Å². The van der Waals surface area contributed by atoms with Crippen molar-refractivity contribution in [3.63, 3.8) is 0 Å². The van der Waals surface area contributed by atoms with E-state index in [0.717, 1.165) is 43.5 Å². The Kier molecular flexibility index (Phi) is 4.80. The van der Waals surface area contributed by atoms with Crippen molar-refractivity contribution in [1.29, 1.82) is 0 Å². The van der Waals surface area contributed by atoms with Crippen LogP contribution in [0, 0.1) is 5.92 Å². The van der Waals surface area contributed by atoms with E-state index < -0.39 is 0 Å². The molecule has 0 bridgehead atoms. The van der Waals surface area contributed by atoms with Crippen LogP contribution in [0.3, 0.4) is 0 Å². The van der Waals surface area contributed by atoms with Crippen LogP contribution < -0.4 is 10.6 Å². The molecule has 6 heteroatoms. The van der Waals surface area contributed by atoms with Crippen molar-refractivity contribution in [2.45, 2.75) is 57.9 Å². The first kappa shape index (κ1) is 16.2. The van der Waals surface area contributed by atoms with E-state index in [0.29, 0.717) is 30.0 Å². The Balaban J connectivity index is 1.89. The van der Waals surface area contributed by atoms with Crippen LogP contribution in [0.5, 0.6) is 0 Å². The van der Waals surface area contributed by atoms with E-state index in [1.54, 1.807) is 0 Å². The van der Waals surface area contributed by atoms with Crippen molar-refractivity contribution in [2.24, 2.45) is 5.92 Å². The summed E-state index contributed by atoms with van der Waals surface area (Å²) >= 11 is 0. The highest BCUT2D eigenvalue weighted by Gasteiger charge is 2.27. The van der Waals surface area contributed by atoms with Gasteiger partial charge in [-0.2, -0.15) is 0 Å². The molecule has 126 valence electrons. The molecule has 2 heterocycles. The number of hydrogen-bond donors (Lipinski definition) is 3. The fourth-order valence-corrected chi connectivity index (χ4v) is 3.47. The van der Waals surface area contributed by atoms with Crippen LogP contribution in [0.25, 0.3) is 0 Å². The molecule has 23 heavy (non-hydrogen) atoms. The molecule has 1 saturated carbocycles. The van der Waals surface area contributed by atoms with E-state index in [1.165, 1.54) is 0 Å². The van der Waals surface area contributed by atoms with Crippen molar-refractivity contribution < 1.29 is 9.90 Å². The number of aliphatic hydroxyl groups excluding tert-OH is 1. The summed E-state index contributed by atoms with van der Waals surface area (Å²) in [7, 11) is 0. The smallest absolute Gasteiger partial charge is 0.270 e. The van der Waals surface area contributed by atoms with Gasteiger partial charge in [-0.3, -0.25) is 4.79 Å². The minimum absolute atomic E-state index is 0.101. The van der Waals surface area contributed by atoms with Gasteiger partial charge in [0, 0.05) is 30.7 Å². The number of nitrogens with one attached hydrogen (secondary N) is 2. The number of hydrogen-bond acceptors (Lipinski definition) is 5. The summed E-state index contributed by atoms with van der Waals surface area (Å²) < 4.78 is 0. The maximum absolute atomic E-state index is 12.1. The molecule has 6 nitrogen and oxygen atoms in total. The summed E-state index contributed by atoms with van der Waals surface area (Å²) in [5.74, 6) is 1.96. The van der Waals surface area contributed by atoms with Crippen LogP contribution in [0.4, 0.5) is 5.82 Å². The summed E-state index contributed by atoms with van der Waals surface area (Å²) in [6, 6.07) is 0.310. The summed E-state index contributed by atoms with van der Waals surface area (Å²) in [6.07, 6.45) is 5.01. The zero-order valence-corrected chi connectivity index (χ0v) is 13.9. The lowest BCUT2D eigenvalue weighted by Gasteiger charge is -2.30. The lowest BCUT2D eigenvalue weighted by molar-refractivity contribution is 0.0940. The number of rotatable bonds is 4. The highest BCUT2D eigenvalue weighted by atomic mass is 16.3. The van der Waals surface area contributed by atoms with Gasteiger partial charge in [0.1, 0.15) is 17.3 Å². The van der Waals surface area contributed by atoms with Gasteiger partial charge in [0.25, 0.3) is 5.91 Å². The van der Waals surface area contributed by atoms with Gasteiger partial charge in [-0.25, -0.2) is 9.97 Å². The third-order valence-corrected chi connectivity index (χ3v) is 4.80. The molecule has 1 aromatic heterocycles. The van der Waals surface area contributed by atoms with Crippen molar-refractivity contribution in [3.8, 4) is 0 Å². The van der Waals surface area contributed by atoms with E-state index in [4.69, 9.17) is 4.98 Å². The SMILES string of the molecule is CC(C)c1nc(N[C@@H]2CCC[C@@H](CO)C2)c2c(n1)C(=O)NCC2. The van der Waals surface area contributed by atoms with Gasteiger partial charge in [-0.1, -0.05) is 20.3 Å². The number of anilines is 1. The number of carbonyl (C=O) groups excluding carboxylic acids is 1. The van der Waals surface area contributed by atoms with E-state index in [9.17, 15) is 9.90 Å². The molecule has 1 amide bonds. The molecule has 1 aromatic rings. The standard InChI is InChI=1S/C17H26N4O2/c1-10(2)15-20-14-13(6-7-18-17(14)23)16(21-15)19-12-5-3-4-11(8-12)9-22/h10-12,22H,3-9H2,1-2H3,(H,18,23)(H,19,20,21)/t11-,12-/m1/s1. The molecule has 1 aliphatic carbocycles. The molecule has 3 N–H and O–H groups in total. The normalized spacial score (nSPS) is 24.3. The van der Waals surface area contributed by atoms with Crippen LogP contribution in [0.1, 0.15) is 67.3 Å². The van der Waals surface area contributed by atoms with Crippen molar-refractivity contribution in [2.75, 3.05) is 18.5 Å². The Hall–Kier alpha value is -1.69. The number of nitrogens with zero attached hydrogens (tertiary/aromatic N) is 2. The summed E-state index contributed by atoms with van der Waals surface area (Å²) in [5.41, 5.74) is 1.45. The van der Waals surface area contributed by atoms with Crippen molar-refractivity contribution >= 4 is 11.7 Å². The average Bonchev–Trinajstić information content (AvgIpc) is 2.55. The molecule has 2 aliphatic rings. The number of fused-ring (bicyclic) bond motifs is 1. The van der Waals surface area contributed by atoms with Gasteiger partial charge in [0.05, 0.1) is 0 Å².